The third kappa shape index (κ3) is 4.37. The fourth-order valence-electron chi connectivity index (χ4n) is 3.59. The Morgan fingerprint density at radius 1 is 1.19 bits per heavy atom. The Morgan fingerprint density at radius 3 is 2.93 bits per heavy atom. The van der Waals surface area contributed by atoms with Crippen molar-refractivity contribution >= 4 is 11.6 Å². The van der Waals surface area contributed by atoms with Crippen molar-refractivity contribution in [2.45, 2.75) is 25.2 Å². The zero-order valence-electron chi connectivity index (χ0n) is 14.9. The molecule has 0 N–H and O–H groups in total. The predicted molar refractivity (Wildman–Crippen MR) is 103 cm³/mol. The normalized spacial score (nSPS) is 17.9. The summed E-state index contributed by atoms with van der Waals surface area (Å²) in [4.78, 5) is 6.94. The highest BCUT2D eigenvalue weighted by molar-refractivity contribution is 6.31. The third-order valence-corrected chi connectivity index (χ3v) is 5.40. The van der Waals surface area contributed by atoms with Crippen LogP contribution in [0.2, 0.25) is 5.02 Å². The number of hydrogen-bond acceptors (Lipinski definition) is 4. The number of likely N-dealkylation sites (tertiary alicyclic amines) is 1. The van der Waals surface area contributed by atoms with Gasteiger partial charge in [-0.2, -0.15) is 4.98 Å². The molecular weight excluding hydrogens is 365 g/mol. The average Bonchev–Trinajstić information content (AvgIpc) is 3.18. The first-order chi connectivity index (χ1) is 13.2. The van der Waals surface area contributed by atoms with Gasteiger partial charge >= 0.3 is 0 Å². The second-order valence-corrected chi connectivity index (χ2v) is 7.35. The van der Waals surface area contributed by atoms with Gasteiger partial charge in [-0.3, -0.25) is 0 Å². The summed E-state index contributed by atoms with van der Waals surface area (Å²) in [5.74, 6) is 0.983. The number of hydrogen-bond donors (Lipinski definition) is 0. The Labute approximate surface area is 163 Å². The summed E-state index contributed by atoms with van der Waals surface area (Å²) >= 11 is 6.26. The van der Waals surface area contributed by atoms with Gasteiger partial charge in [0.2, 0.25) is 11.7 Å². The van der Waals surface area contributed by atoms with Crippen LogP contribution in [0.5, 0.6) is 0 Å². The molecule has 1 saturated heterocycles. The van der Waals surface area contributed by atoms with E-state index >= 15 is 0 Å². The van der Waals surface area contributed by atoms with Gasteiger partial charge in [0.15, 0.2) is 0 Å². The number of piperidine rings is 1. The minimum Gasteiger partial charge on any atom is -0.339 e. The van der Waals surface area contributed by atoms with Crippen LogP contribution in [0.3, 0.4) is 0 Å². The topological polar surface area (TPSA) is 42.2 Å². The van der Waals surface area contributed by atoms with Crippen molar-refractivity contribution in [1.29, 1.82) is 0 Å². The summed E-state index contributed by atoms with van der Waals surface area (Å²) in [6.07, 6.45) is 3.03. The highest BCUT2D eigenvalue weighted by Gasteiger charge is 2.26. The number of aromatic nitrogens is 2. The smallest absolute Gasteiger partial charge is 0.231 e. The van der Waals surface area contributed by atoms with E-state index in [1.54, 1.807) is 12.1 Å². The van der Waals surface area contributed by atoms with Crippen molar-refractivity contribution in [1.82, 2.24) is 15.0 Å². The molecule has 0 amide bonds. The van der Waals surface area contributed by atoms with Crippen molar-refractivity contribution in [2.75, 3.05) is 19.6 Å². The van der Waals surface area contributed by atoms with Crippen LogP contribution >= 0.6 is 11.6 Å². The van der Waals surface area contributed by atoms with Gasteiger partial charge in [-0.1, -0.05) is 47.1 Å². The molecule has 1 aromatic heterocycles. The molecule has 1 atom stereocenters. The molecule has 6 heteroatoms. The van der Waals surface area contributed by atoms with E-state index in [1.807, 2.05) is 18.2 Å². The first-order valence-corrected chi connectivity index (χ1v) is 9.62. The van der Waals surface area contributed by atoms with Gasteiger partial charge in [0.1, 0.15) is 5.82 Å². The molecular formula is C21H21ClFN3O. The second-order valence-electron chi connectivity index (χ2n) is 6.95. The lowest BCUT2D eigenvalue weighted by atomic mass is 9.97. The van der Waals surface area contributed by atoms with Crippen molar-refractivity contribution in [3.63, 3.8) is 0 Å². The lowest BCUT2D eigenvalue weighted by Crippen LogP contribution is -2.35. The molecule has 1 aliphatic rings. The molecule has 1 fully saturated rings. The van der Waals surface area contributed by atoms with Gasteiger partial charge in [0.05, 0.1) is 5.92 Å². The van der Waals surface area contributed by atoms with Gasteiger partial charge in [-0.25, -0.2) is 4.39 Å². The Balaban J connectivity index is 1.40. The molecule has 0 radical (unpaired) electrons. The van der Waals surface area contributed by atoms with Crippen LogP contribution in [-0.2, 0) is 6.42 Å². The van der Waals surface area contributed by atoms with E-state index in [0.29, 0.717) is 17.3 Å². The van der Waals surface area contributed by atoms with Crippen LogP contribution < -0.4 is 0 Å². The highest BCUT2D eigenvalue weighted by atomic mass is 35.5. The molecule has 140 valence electrons. The van der Waals surface area contributed by atoms with E-state index in [4.69, 9.17) is 16.1 Å². The molecule has 0 spiro atoms. The lowest BCUT2D eigenvalue weighted by Gasteiger charge is -2.30. The number of rotatable bonds is 5. The number of nitrogens with zero attached hydrogens (tertiary/aromatic N) is 3. The van der Waals surface area contributed by atoms with E-state index in [9.17, 15) is 4.39 Å². The van der Waals surface area contributed by atoms with Crippen LogP contribution in [0.25, 0.3) is 11.4 Å². The largest absolute Gasteiger partial charge is 0.339 e. The molecule has 4 nitrogen and oxygen atoms in total. The minimum absolute atomic E-state index is 0.208. The lowest BCUT2D eigenvalue weighted by molar-refractivity contribution is 0.189. The first kappa shape index (κ1) is 18.1. The third-order valence-electron chi connectivity index (χ3n) is 5.03. The van der Waals surface area contributed by atoms with Crippen molar-refractivity contribution in [3.8, 4) is 11.4 Å². The quantitative estimate of drug-likeness (QED) is 0.623. The summed E-state index contributed by atoms with van der Waals surface area (Å²) < 4.78 is 18.9. The number of benzene rings is 2. The van der Waals surface area contributed by atoms with Crippen LogP contribution in [0.4, 0.5) is 4.39 Å². The Morgan fingerprint density at radius 2 is 2.07 bits per heavy atom. The van der Waals surface area contributed by atoms with Gasteiger partial charge in [0, 0.05) is 23.7 Å². The molecule has 1 unspecified atom stereocenters. The summed E-state index contributed by atoms with van der Waals surface area (Å²) in [5, 5.41) is 4.87. The van der Waals surface area contributed by atoms with E-state index in [1.165, 1.54) is 17.7 Å². The van der Waals surface area contributed by atoms with Crippen LogP contribution in [0.15, 0.2) is 53.1 Å². The van der Waals surface area contributed by atoms with Crippen molar-refractivity contribution in [2.24, 2.45) is 0 Å². The molecule has 27 heavy (non-hydrogen) atoms. The molecule has 2 aromatic carbocycles. The molecule has 0 saturated carbocycles. The predicted octanol–water partition coefficient (Wildman–Crippen LogP) is 4.95. The van der Waals surface area contributed by atoms with Crippen molar-refractivity contribution < 1.29 is 8.91 Å². The standard InChI is InChI=1S/C21H21ClFN3O/c22-19-9-2-1-5-15(19)10-12-26-11-4-7-17(14-26)21-24-20(25-27-21)16-6-3-8-18(23)13-16/h1-3,5-6,8-9,13,17H,4,7,10-12,14H2. The van der Waals surface area contributed by atoms with Gasteiger partial charge in [-0.05, 0) is 49.6 Å². The zero-order chi connectivity index (χ0) is 18.6. The Kier molecular flexibility index (Phi) is 5.50. The molecule has 0 aliphatic carbocycles. The average molecular weight is 386 g/mol. The SMILES string of the molecule is Fc1cccc(-c2noc(C3CCCN(CCc4ccccc4Cl)C3)n2)c1. The highest BCUT2D eigenvalue weighted by Crippen LogP contribution is 2.28. The molecule has 2 heterocycles. The number of halogens is 2. The zero-order valence-corrected chi connectivity index (χ0v) is 15.7. The molecule has 1 aliphatic heterocycles. The van der Waals surface area contributed by atoms with Crippen LogP contribution in [0.1, 0.15) is 30.2 Å². The molecule has 0 bridgehead atoms. The van der Waals surface area contributed by atoms with Gasteiger partial charge in [-0.15, -0.1) is 0 Å². The van der Waals surface area contributed by atoms with Gasteiger partial charge in [0.25, 0.3) is 0 Å². The van der Waals surface area contributed by atoms with E-state index < -0.39 is 0 Å². The van der Waals surface area contributed by atoms with E-state index in [-0.39, 0.29) is 11.7 Å². The summed E-state index contributed by atoms with van der Waals surface area (Å²) in [6.45, 7) is 2.90. The Bertz CT molecular complexity index is 914. The first-order valence-electron chi connectivity index (χ1n) is 9.24. The van der Waals surface area contributed by atoms with Gasteiger partial charge < -0.3 is 9.42 Å². The maximum Gasteiger partial charge on any atom is 0.231 e. The van der Waals surface area contributed by atoms with E-state index in [0.717, 1.165) is 43.9 Å². The molecule has 4 rings (SSSR count). The van der Waals surface area contributed by atoms with Crippen LogP contribution in [0, 0.1) is 5.82 Å². The maximum absolute atomic E-state index is 13.4. The Hall–Kier alpha value is -2.24. The summed E-state index contributed by atoms with van der Waals surface area (Å²) in [5.41, 5.74) is 1.81. The monoisotopic (exact) mass is 385 g/mol. The molecule has 3 aromatic rings. The minimum atomic E-state index is -0.303. The summed E-state index contributed by atoms with van der Waals surface area (Å²) in [6, 6.07) is 14.2. The fourth-order valence-corrected chi connectivity index (χ4v) is 3.82. The maximum atomic E-state index is 13.4. The van der Waals surface area contributed by atoms with E-state index in [2.05, 4.69) is 21.1 Å². The van der Waals surface area contributed by atoms with Crippen molar-refractivity contribution in [3.05, 3.63) is 70.8 Å². The van der Waals surface area contributed by atoms with Crippen LogP contribution in [-0.4, -0.2) is 34.7 Å². The summed E-state index contributed by atoms with van der Waals surface area (Å²) in [7, 11) is 0. The fraction of sp³-hybridized carbons (Fsp3) is 0.333. The second kappa shape index (κ2) is 8.19.